The third kappa shape index (κ3) is 3.14. The molecule has 14 heavy (non-hydrogen) atoms. The Morgan fingerprint density at radius 1 is 1.36 bits per heavy atom. The third-order valence-electron chi connectivity index (χ3n) is 1.67. The van der Waals surface area contributed by atoms with Crippen LogP contribution in [-0.2, 0) is 6.42 Å². The largest absolute Gasteiger partial charge is 0.573 e. The smallest absolute Gasteiger partial charge is 0.406 e. The summed E-state index contributed by atoms with van der Waals surface area (Å²) in [6, 6.07) is 4.12. The zero-order valence-electron chi connectivity index (χ0n) is 7.43. The van der Waals surface area contributed by atoms with E-state index in [0.29, 0.717) is 4.90 Å². The van der Waals surface area contributed by atoms with Crippen LogP contribution < -0.4 is 4.74 Å². The Labute approximate surface area is 85.3 Å². The van der Waals surface area contributed by atoms with Crippen molar-refractivity contribution in [1.82, 2.24) is 0 Å². The lowest BCUT2D eigenvalue weighted by Gasteiger charge is -2.10. The minimum absolute atomic E-state index is 0.236. The first-order valence-electron chi connectivity index (χ1n) is 4.00. The molecule has 78 valence electrons. The molecule has 0 amide bonds. The van der Waals surface area contributed by atoms with E-state index < -0.39 is 6.36 Å². The fourth-order valence-corrected chi connectivity index (χ4v) is 1.40. The summed E-state index contributed by atoms with van der Waals surface area (Å²) in [5.74, 6) is -0.236. The van der Waals surface area contributed by atoms with E-state index in [-0.39, 0.29) is 5.75 Å². The Morgan fingerprint density at radius 2 is 2.00 bits per heavy atom. The summed E-state index contributed by atoms with van der Waals surface area (Å²) >= 11 is 4.05. The molecule has 5 heteroatoms. The summed E-state index contributed by atoms with van der Waals surface area (Å²) in [4.78, 5) is 0.509. The number of hydrogen-bond acceptors (Lipinski definition) is 2. The van der Waals surface area contributed by atoms with Gasteiger partial charge in [0.15, 0.2) is 0 Å². The van der Waals surface area contributed by atoms with Crippen molar-refractivity contribution >= 4 is 12.6 Å². The lowest BCUT2D eigenvalue weighted by Crippen LogP contribution is -2.17. The summed E-state index contributed by atoms with van der Waals surface area (Å²) in [6.07, 6.45) is -3.92. The third-order valence-corrected chi connectivity index (χ3v) is 2.09. The van der Waals surface area contributed by atoms with Crippen molar-refractivity contribution in [1.29, 1.82) is 0 Å². The second-order valence-corrected chi connectivity index (χ2v) is 3.17. The Bertz CT molecular complexity index is 322. The lowest BCUT2D eigenvalue weighted by molar-refractivity contribution is -0.274. The quantitative estimate of drug-likeness (QED) is 0.754. The van der Waals surface area contributed by atoms with Gasteiger partial charge in [-0.05, 0) is 24.1 Å². The molecule has 0 unspecified atom stereocenters. The van der Waals surface area contributed by atoms with Gasteiger partial charge in [0, 0.05) is 4.90 Å². The van der Waals surface area contributed by atoms with Crippen LogP contribution in [0.4, 0.5) is 13.2 Å². The Kier molecular flexibility index (Phi) is 3.31. The van der Waals surface area contributed by atoms with Gasteiger partial charge in [0.2, 0.25) is 0 Å². The van der Waals surface area contributed by atoms with Gasteiger partial charge in [-0.25, -0.2) is 0 Å². The van der Waals surface area contributed by atoms with Crippen LogP contribution >= 0.6 is 12.6 Å². The standard InChI is InChI=1S/C9H9F3OS/c1-2-6-3-4-7(5-8(6)14)13-9(10,11)12/h3-5,14H,2H2,1H3. The number of benzene rings is 1. The van der Waals surface area contributed by atoms with Crippen LogP contribution in [0.5, 0.6) is 5.75 Å². The van der Waals surface area contributed by atoms with Crippen molar-refractivity contribution in [2.24, 2.45) is 0 Å². The highest BCUT2D eigenvalue weighted by Gasteiger charge is 2.31. The number of aryl methyl sites for hydroxylation is 1. The summed E-state index contributed by atoms with van der Waals surface area (Å²) < 4.78 is 39.2. The minimum atomic E-state index is -4.64. The number of thiol groups is 1. The van der Waals surface area contributed by atoms with E-state index in [1.807, 2.05) is 6.92 Å². The van der Waals surface area contributed by atoms with Gasteiger partial charge >= 0.3 is 6.36 Å². The van der Waals surface area contributed by atoms with Gasteiger partial charge in [0.1, 0.15) is 5.75 Å². The zero-order chi connectivity index (χ0) is 10.8. The molecule has 0 saturated carbocycles. The fraction of sp³-hybridized carbons (Fsp3) is 0.333. The van der Waals surface area contributed by atoms with Crippen molar-refractivity contribution in [2.45, 2.75) is 24.6 Å². The molecule has 0 spiro atoms. The Morgan fingerprint density at radius 3 is 2.43 bits per heavy atom. The van der Waals surface area contributed by atoms with E-state index in [0.717, 1.165) is 12.0 Å². The van der Waals surface area contributed by atoms with E-state index in [1.54, 1.807) is 6.07 Å². The van der Waals surface area contributed by atoms with Crippen molar-refractivity contribution in [3.05, 3.63) is 23.8 Å². The van der Waals surface area contributed by atoms with Crippen molar-refractivity contribution in [3.8, 4) is 5.75 Å². The number of hydrogen-bond donors (Lipinski definition) is 1. The molecule has 0 bridgehead atoms. The van der Waals surface area contributed by atoms with Gasteiger partial charge in [-0.3, -0.25) is 0 Å². The summed E-state index contributed by atoms with van der Waals surface area (Å²) in [6.45, 7) is 1.90. The molecular weight excluding hydrogens is 213 g/mol. The normalized spacial score (nSPS) is 11.5. The van der Waals surface area contributed by atoms with E-state index in [1.165, 1.54) is 12.1 Å². The second-order valence-electron chi connectivity index (χ2n) is 2.69. The van der Waals surface area contributed by atoms with Gasteiger partial charge in [-0.15, -0.1) is 25.8 Å². The summed E-state index contributed by atoms with van der Waals surface area (Å²) in [5, 5.41) is 0. The van der Waals surface area contributed by atoms with Gasteiger partial charge < -0.3 is 4.74 Å². The van der Waals surface area contributed by atoms with E-state index in [2.05, 4.69) is 17.4 Å². The molecule has 1 aromatic carbocycles. The molecule has 1 rings (SSSR count). The number of rotatable bonds is 2. The van der Waals surface area contributed by atoms with Crippen LogP contribution in [0.1, 0.15) is 12.5 Å². The van der Waals surface area contributed by atoms with Crippen LogP contribution in [0.3, 0.4) is 0 Å². The molecule has 0 atom stereocenters. The Balaban J connectivity index is 2.87. The molecule has 0 N–H and O–H groups in total. The molecular formula is C9H9F3OS. The highest BCUT2D eigenvalue weighted by atomic mass is 32.1. The van der Waals surface area contributed by atoms with Crippen LogP contribution in [0.25, 0.3) is 0 Å². The van der Waals surface area contributed by atoms with Crippen LogP contribution in [0.2, 0.25) is 0 Å². The molecule has 1 aromatic rings. The van der Waals surface area contributed by atoms with Crippen LogP contribution in [0.15, 0.2) is 23.1 Å². The molecule has 0 fully saturated rings. The number of alkyl halides is 3. The molecule has 0 aromatic heterocycles. The van der Waals surface area contributed by atoms with Crippen LogP contribution in [-0.4, -0.2) is 6.36 Å². The maximum Gasteiger partial charge on any atom is 0.573 e. The zero-order valence-corrected chi connectivity index (χ0v) is 8.32. The average molecular weight is 222 g/mol. The van der Waals surface area contributed by atoms with E-state index in [4.69, 9.17) is 0 Å². The highest BCUT2D eigenvalue weighted by molar-refractivity contribution is 7.80. The van der Waals surface area contributed by atoms with Gasteiger partial charge in [-0.2, -0.15) is 0 Å². The molecule has 0 aliphatic rings. The summed E-state index contributed by atoms with van der Waals surface area (Å²) in [5.41, 5.74) is 0.892. The first-order valence-corrected chi connectivity index (χ1v) is 4.44. The maximum absolute atomic E-state index is 11.8. The van der Waals surface area contributed by atoms with Gasteiger partial charge in [-0.1, -0.05) is 13.0 Å². The predicted molar refractivity (Wildman–Crippen MR) is 49.8 cm³/mol. The SMILES string of the molecule is CCc1ccc(OC(F)(F)F)cc1S. The predicted octanol–water partition coefficient (Wildman–Crippen LogP) is 3.44. The van der Waals surface area contributed by atoms with Gasteiger partial charge in [0.05, 0.1) is 0 Å². The summed E-state index contributed by atoms with van der Waals surface area (Å²) in [7, 11) is 0. The maximum atomic E-state index is 11.8. The van der Waals surface area contributed by atoms with E-state index in [9.17, 15) is 13.2 Å². The van der Waals surface area contributed by atoms with E-state index >= 15 is 0 Å². The van der Waals surface area contributed by atoms with Gasteiger partial charge in [0.25, 0.3) is 0 Å². The fourth-order valence-electron chi connectivity index (χ4n) is 1.04. The molecule has 0 aliphatic carbocycles. The average Bonchev–Trinajstić information content (AvgIpc) is 2.01. The minimum Gasteiger partial charge on any atom is -0.406 e. The molecule has 0 radical (unpaired) electrons. The van der Waals surface area contributed by atoms with Crippen molar-refractivity contribution in [3.63, 3.8) is 0 Å². The Hall–Kier alpha value is -0.840. The number of ether oxygens (including phenoxy) is 1. The molecule has 0 aliphatic heterocycles. The molecule has 1 nitrogen and oxygen atoms in total. The number of halogens is 3. The first-order chi connectivity index (χ1) is 6.42. The van der Waals surface area contributed by atoms with Crippen molar-refractivity contribution in [2.75, 3.05) is 0 Å². The molecule has 0 saturated heterocycles. The van der Waals surface area contributed by atoms with Crippen LogP contribution in [0, 0.1) is 0 Å². The first kappa shape index (κ1) is 11.2. The molecule has 0 heterocycles. The second kappa shape index (κ2) is 4.13. The topological polar surface area (TPSA) is 9.23 Å². The van der Waals surface area contributed by atoms with Crippen molar-refractivity contribution < 1.29 is 17.9 Å². The monoisotopic (exact) mass is 222 g/mol. The highest BCUT2D eigenvalue weighted by Crippen LogP contribution is 2.26. The lowest BCUT2D eigenvalue weighted by atomic mass is 10.2.